The van der Waals surface area contributed by atoms with Gasteiger partial charge in [-0.15, -0.1) is 6.58 Å². The number of rotatable bonds is 6. The van der Waals surface area contributed by atoms with Crippen molar-refractivity contribution in [3.8, 4) is 5.75 Å². The number of nitrogens with one attached hydrogen (secondary N) is 1. The van der Waals surface area contributed by atoms with E-state index < -0.39 is 0 Å². The highest BCUT2D eigenvalue weighted by Gasteiger charge is 2.06. The quantitative estimate of drug-likeness (QED) is 0.538. The predicted octanol–water partition coefficient (Wildman–Crippen LogP) is 2.73. The molecule has 2 aromatic carbocycles. The van der Waals surface area contributed by atoms with Crippen molar-refractivity contribution in [1.82, 2.24) is 20.3 Å². The summed E-state index contributed by atoms with van der Waals surface area (Å²) in [6.07, 6.45) is 3.83. The molecule has 3 rings (SSSR count). The number of nitrogens with zero attached hydrogens (tertiary/aromatic N) is 5. The molecule has 7 heteroatoms. The monoisotopic (exact) mass is 320 g/mol. The van der Waals surface area contributed by atoms with Gasteiger partial charge in [-0.25, -0.2) is 0 Å². The maximum atomic E-state index is 10.2. The standard InChI is InChI=1S/C17H16N6O/c1-2-7-13-8-6-9-14(16(13)24)12-18-23-17(20-21-22-23)19-15-10-4-3-5-11-15/h2-6,8-12,24H,1,7H2,(H,19,20,22). The van der Waals surface area contributed by atoms with Crippen LogP contribution in [0.15, 0.2) is 66.3 Å². The summed E-state index contributed by atoms with van der Waals surface area (Å²) in [6, 6.07) is 15.0. The van der Waals surface area contributed by atoms with Crippen molar-refractivity contribution >= 4 is 17.9 Å². The molecule has 2 N–H and O–H groups in total. The number of para-hydroxylation sites is 2. The van der Waals surface area contributed by atoms with Crippen LogP contribution in [0, 0.1) is 0 Å². The van der Waals surface area contributed by atoms with Crippen molar-refractivity contribution in [3.05, 3.63) is 72.3 Å². The van der Waals surface area contributed by atoms with Crippen LogP contribution in [0.3, 0.4) is 0 Å². The zero-order valence-electron chi connectivity index (χ0n) is 12.9. The zero-order chi connectivity index (χ0) is 16.8. The minimum atomic E-state index is 0.173. The van der Waals surface area contributed by atoms with Gasteiger partial charge in [-0.3, -0.25) is 0 Å². The lowest BCUT2D eigenvalue weighted by Gasteiger charge is -2.05. The minimum absolute atomic E-state index is 0.173. The first-order chi connectivity index (χ1) is 11.8. The van der Waals surface area contributed by atoms with Crippen molar-refractivity contribution in [2.24, 2.45) is 5.10 Å². The van der Waals surface area contributed by atoms with Gasteiger partial charge >= 0.3 is 0 Å². The van der Waals surface area contributed by atoms with Crippen LogP contribution in [0.4, 0.5) is 11.6 Å². The average molecular weight is 320 g/mol. The molecular formula is C17H16N6O. The molecule has 0 aliphatic heterocycles. The van der Waals surface area contributed by atoms with E-state index in [1.165, 1.54) is 11.0 Å². The number of hydrogen-bond donors (Lipinski definition) is 2. The Bertz CT molecular complexity index is 857. The number of tetrazole rings is 1. The van der Waals surface area contributed by atoms with Gasteiger partial charge in [0.05, 0.1) is 6.21 Å². The van der Waals surface area contributed by atoms with Gasteiger partial charge in [0, 0.05) is 11.3 Å². The van der Waals surface area contributed by atoms with Crippen LogP contribution in [0.2, 0.25) is 0 Å². The van der Waals surface area contributed by atoms with E-state index in [4.69, 9.17) is 0 Å². The number of phenolic OH excluding ortho intramolecular Hbond substituents is 1. The fourth-order valence-corrected chi connectivity index (χ4v) is 2.14. The molecule has 0 saturated heterocycles. The predicted molar refractivity (Wildman–Crippen MR) is 92.5 cm³/mol. The molecule has 120 valence electrons. The highest BCUT2D eigenvalue weighted by Crippen LogP contribution is 2.22. The first kappa shape index (κ1) is 15.4. The number of phenols is 1. The second-order valence-corrected chi connectivity index (χ2v) is 4.98. The number of benzene rings is 2. The van der Waals surface area contributed by atoms with E-state index in [0.29, 0.717) is 17.9 Å². The minimum Gasteiger partial charge on any atom is -0.507 e. The maximum absolute atomic E-state index is 10.2. The van der Waals surface area contributed by atoms with Gasteiger partial charge in [-0.05, 0) is 40.6 Å². The lowest BCUT2D eigenvalue weighted by atomic mass is 10.1. The smallest absolute Gasteiger partial charge is 0.269 e. The van der Waals surface area contributed by atoms with Crippen molar-refractivity contribution in [1.29, 1.82) is 0 Å². The summed E-state index contributed by atoms with van der Waals surface area (Å²) in [5.74, 6) is 0.547. The van der Waals surface area contributed by atoms with Crippen LogP contribution in [-0.4, -0.2) is 31.6 Å². The van der Waals surface area contributed by atoms with Crippen LogP contribution >= 0.6 is 0 Å². The molecule has 0 amide bonds. The van der Waals surface area contributed by atoms with Gasteiger partial charge in [-0.2, -0.15) is 5.10 Å². The number of anilines is 2. The molecule has 0 radical (unpaired) electrons. The van der Waals surface area contributed by atoms with Gasteiger partial charge in [0.25, 0.3) is 5.95 Å². The first-order valence-corrected chi connectivity index (χ1v) is 7.34. The molecule has 0 aliphatic carbocycles. The third-order valence-electron chi connectivity index (χ3n) is 3.30. The van der Waals surface area contributed by atoms with Crippen molar-refractivity contribution in [3.63, 3.8) is 0 Å². The van der Waals surface area contributed by atoms with Gasteiger partial charge in [0.2, 0.25) is 0 Å². The van der Waals surface area contributed by atoms with Crippen LogP contribution in [-0.2, 0) is 6.42 Å². The number of allylic oxidation sites excluding steroid dienone is 1. The molecule has 24 heavy (non-hydrogen) atoms. The molecule has 1 heterocycles. The van der Waals surface area contributed by atoms with E-state index in [1.54, 1.807) is 12.1 Å². The van der Waals surface area contributed by atoms with E-state index in [9.17, 15) is 5.11 Å². The summed E-state index contributed by atoms with van der Waals surface area (Å²) < 4.78 is 0. The molecule has 0 unspecified atom stereocenters. The Kier molecular flexibility index (Phi) is 4.62. The summed E-state index contributed by atoms with van der Waals surface area (Å²) in [5, 5.41) is 28.8. The van der Waals surface area contributed by atoms with E-state index in [0.717, 1.165) is 11.3 Å². The Morgan fingerprint density at radius 1 is 1.17 bits per heavy atom. The third-order valence-corrected chi connectivity index (χ3v) is 3.30. The summed E-state index contributed by atoms with van der Waals surface area (Å²) >= 11 is 0. The van der Waals surface area contributed by atoms with E-state index in [-0.39, 0.29) is 5.75 Å². The molecule has 0 bridgehead atoms. The van der Waals surface area contributed by atoms with Crippen molar-refractivity contribution < 1.29 is 5.11 Å². The highest BCUT2D eigenvalue weighted by atomic mass is 16.3. The SMILES string of the molecule is C=CCc1cccc(C=Nn2nnnc2Nc2ccccc2)c1O. The van der Waals surface area contributed by atoms with Crippen LogP contribution in [0.1, 0.15) is 11.1 Å². The Balaban J connectivity index is 1.82. The molecule has 0 saturated carbocycles. The van der Waals surface area contributed by atoms with Gasteiger partial charge in [-0.1, -0.05) is 46.3 Å². The fourth-order valence-electron chi connectivity index (χ4n) is 2.14. The molecule has 0 atom stereocenters. The second kappa shape index (κ2) is 7.19. The lowest BCUT2D eigenvalue weighted by molar-refractivity contribution is 0.469. The highest BCUT2D eigenvalue weighted by molar-refractivity contribution is 5.84. The van der Waals surface area contributed by atoms with Crippen LogP contribution < -0.4 is 5.32 Å². The molecule has 0 aliphatic rings. The van der Waals surface area contributed by atoms with Crippen LogP contribution in [0.5, 0.6) is 5.75 Å². The van der Waals surface area contributed by atoms with Gasteiger partial charge in [0.1, 0.15) is 5.75 Å². The van der Waals surface area contributed by atoms with E-state index >= 15 is 0 Å². The number of aromatic nitrogens is 4. The number of hydrogen-bond acceptors (Lipinski definition) is 6. The zero-order valence-corrected chi connectivity index (χ0v) is 12.9. The van der Waals surface area contributed by atoms with E-state index in [2.05, 4.69) is 32.5 Å². The molecule has 0 fully saturated rings. The summed E-state index contributed by atoms with van der Waals surface area (Å²) in [5.41, 5.74) is 2.21. The molecule has 7 nitrogen and oxygen atoms in total. The fraction of sp³-hybridized carbons (Fsp3) is 0.0588. The van der Waals surface area contributed by atoms with E-state index in [1.807, 2.05) is 42.5 Å². The van der Waals surface area contributed by atoms with Crippen molar-refractivity contribution in [2.75, 3.05) is 5.32 Å². The Labute approximate surface area is 139 Å². The lowest BCUT2D eigenvalue weighted by Crippen LogP contribution is -2.01. The second-order valence-electron chi connectivity index (χ2n) is 4.98. The Morgan fingerprint density at radius 3 is 2.79 bits per heavy atom. The molecule has 0 spiro atoms. The molecule has 1 aromatic heterocycles. The molecular weight excluding hydrogens is 304 g/mol. The summed E-state index contributed by atoms with van der Waals surface area (Å²) in [7, 11) is 0. The molecule has 3 aromatic rings. The van der Waals surface area contributed by atoms with Gasteiger partial charge in [0.15, 0.2) is 0 Å². The Morgan fingerprint density at radius 2 is 2.00 bits per heavy atom. The maximum Gasteiger partial charge on any atom is 0.269 e. The Hall–Kier alpha value is -3.48. The third kappa shape index (κ3) is 3.46. The summed E-state index contributed by atoms with van der Waals surface area (Å²) in [4.78, 5) is 1.26. The first-order valence-electron chi connectivity index (χ1n) is 7.34. The average Bonchev–Trinajstić information content (AvgIpc) is 3.04. The number of aromatic hydroxyl groups is 1. The largest absolute Gasteiger partial charge is 0.507 e. The van der Waals surface area contributed by atoms with Crippen molar-refractivity contribution in [2.45, 2.75) is 6.42 Å². The van der Waals surface area contributed by atoms with Crippen LogP contribution in [0.25, 0.3) is 0 Å². The topological polar surface area (TPSA) is 88.2 Å². The van der Waals surface area contributed by atoms with Gasteiger partial charge < -0.3 is 10.4 Å². The normalized spacial score (nSPS) is 10.8. The summed E-state index contributed by atoms with van der Waals surface area (Å²) in [6.45, 7) is 3.68.